The zero-order valence-corrected chi connectivity index (χ0v) is 27.5. The Morgan fingerprint density at radius 1 is 0.978 bits per heavy atom. The topological polar surface area (TPSA) is 74.8 Å². The summed E-state index contributed by atoms with van der Waals surface area (Å²) in [6.45, 7) is 15.0. The van der Waals surface area contributed by atoms with Crippen molar-refractivity contribution in [1.82, 2.24) is 24.7 Å². The SMILES string of the molecule is Cc1cccc2cccc(N3CCc4c(nc(OCC5CCCN5C)nc4N4CCN(CC5C[N@]5C(C)C)C(CC#N)C4)C3)c12. The molecule has 0 spiro atoms. The van der Waals surface area contributed by atoms with Gasteiger partial charge in [0, 0.05) is 80.1 Å². The number of benzene rings is 2. The van der Waals surface area contributed by atoms with Crippen molar-refractivity contribution in [3.8, 4) is 12.1 Å². The van der Waals surface area contributed by atoms with Crippen LogP contribution in [0.15, 0.2) is 36.4 Å². The molecule has 9 heteroatoms. The van der Waals surface area contributed by atoms with Crippen LogP contribution in [-0.4, -0.2) is 108 Å². The Labute approximate surface area is 268 Å². The summed E-state index contributed by atoms with van der Waals surface area (Å²) in [5.41, 5.74) is 4.87. The molecule has 0 bridgehead atoms. The molecule has 3 fully saturated rings. The lowest BCUT2D eigenvalue weighted by Gasteiger charge is -2.42. The molecule has 2 aromatic carbocycles. The van der Waals surface area contributed by atoms with E-state index in [4.69, 9.17) is 14.7 Å². The average Bonchev–Trinajstić information content (AvgIpc) is 3.70. The first-order valence-corrected chi connectivity index (χ1v) is 17.0. The van der Waals surface area contributed by atoms with Crippen LogP contribution in [0.1, 0.15) is 49.9 Å². The Morgan fingerprint density at radius 3 is 2.58 bits per heavy atom. The van der Waals surface area contributed by atoms with Crippen LogP contribution < -0.4 is 14.5 Å². The van der Waals surface area contributed by atoms with E-state index in [1.165, 1.54) is 40.6 Å². The summed E-state index contributed by atoms with van der Waals surface area (Å²) in [5, 5.41) is 12.4. The largest absolute Gasteiger partial charge is 0.462 e. The number of nitriles is 1. The van der Waals surface area contributed by atoms with Gasteiger partial charge in [0.05, 0.1) is 24.7 Å². The van der Waals surface area contributed by atoms with Gasteiger partial charge in [0.15, 0.2) is 0 Å². The maximum Gasteiger partial charge on any atom is 0.318 e. The summed E-state index contributed by atoms with van der Waals surface area (Å²) < 4.78 is 6.40. The van der Waals surface area contributed by atoms with Gasteiger partial charge >= 0.3 is 6.01 Å². The molecule has 0 saturated carbocycles. The Bertz CT molecular complexity index is 1560. The highest BCUT2D eigenvalue weighted by atomic mass is 16.5. The molecule has 3 unspecified atom stereocenters. The van der Waals surface area contributed by atoms with E-state index < -0.39 is 0 Å². The van der Waals surface area contributed by atoms with E-state index >= 15 is 0 Å². The molecule has 3 saturated heterocycles. The molecule has 45 heavy (non-hydrogen) atoms. The van der Waals surface area contributed by atoms with E-state index in [1.54, 1.807) is 0 Å². The molecule has 7 rings (SSSR count). The maximum atomic E-state index is 9.79. The van der Waals surface area contributed by atoms with Crippen LogP contribution in [0.2, 0.25) is 0 Å². The van der Waals surface area contributed by atoms with Crippen molar-refractivity contribution in [3.05, 3.63) is 53.2 Å². The van der Waals surface area contributed by atoms with Gasteiger partial charge in [-0.15, -0.1) is 0 Å². The predicted molar refractivity (Wildman–Crippen MR) is 180 cm³/mol. The molecule has 4 atom stereocenters. The summed E-state index contributed by atoms with van der Waals surface area (Å²) in [6, 6.07) is 17.9. The molecule has 5 heterocycles. The van der Waals surface area contributed by atoms with E-state index in [1.807, 2.05) is 0 Å². The zero-order chi connectivity index (χ0) is 31.1. The first-order chi connectivity index (χ1) is 21.9. The fourth-order valence-corrected chi connectivity index (χ4v) is 7.94. The number of fused-ring (bicyclic) bond motifs is 2. The second-order valence-corrected chi connectivity index (χ2v) is 13.9. The number of hydrogen-bond acceptors (Lipinski definition) is 9. The van der Waals surface area contributed by atoms with Crippen molar-refractivity contribution in [2.45, 2.75) is 77.2 Å². The van der Waals surface area contributed by atoms with Gasteiger partial charge in [-0.2, -0.15) is 15.2 Å². The van der Waals surface area contributed by atoms with Gasteiger partial charge < -0.3 is 19.4 Å². The molecule has 4 aliphatic heterocycles. The first kappa shape index (κ1) is 30.2. The third-order valence-corrected chi connectivity index (χ3v) is 10.6. The fourth-order valence-electron chi connectivity index (χ4n) is 7.94. The Balaban J connectivity index is 1.17. The quantitative estimate of drug-likeness (QED) is 0.327. The van der Waals surface area contributed by atoms with Crippen LogP contribution in [0.3, 0.4) is 0 Å². The Kier molecular flexibility index (Phi) is 8.56. The van der Waals surface area contributed by atoms with Crippen molar-refractivity contribution in [1.29, 1.82) is 5.26 Å². The minimum absolute atomic E-state index is 0.194. The highest BCUT2D eigenvalue weighted by Crippen LogP contribution is 2.36. The van der Waals surface area contributed by atoms with Gasteiger partial charge in [-0.25, -0.2) is 0 Å². The van der Waals surface area contributed by atoms with Crippen molar-refractivity contribution >= 4 is 22.3 Å². The highest BCUT2D eigenvalue weighted by Gasteiger charge is 2.40. The number of aryl methyl sites for hydroxylation is 1. The molecule has 0 amide bonds. The molecular formula is C36H48N8O. The second-order valence-electron chi connectivity index (χ2n) is 13.9. The van der Waals surface area contributed by atoms with Gasteiger partial charge in [-0.1, -0.05) is 30.3 Å². The van der Waals surface area contributed by atoms with Crippen LogP contribution in [0.4, 0.5) is 11.5 Å². The van der Waals surface area contributed by atoms with E-state index in [9.17, 15) is 5.26 Å². The zero-order valence-electron chi connectivity index (χ0n) is 27.5. The predicted octanol–water partition coefficient (Wildman–Crippen LogP) is 4.47. The first-order valence-electron chi connectivity index (χ1n) is 17.0. The molecule has 0 N–H and O–H groups in total. The lowest BCUT2D eigenvalue weighted by molar-refractivity contribution is 0.169. The van der Waals surface area contributed by atoms with Crippen LogP contribution in [0.25, 0.3) is 10.8 Å². The average molecular weight is 609 g/mol. The molecule has 4 aliphatic rings. The molecule has 0 aliphatic carbocycles. The van der Waals surface area contributed by atoms with E-state index in [-0.39, 0.29) is 6.04 Å². The third kappa shape index (κ3) is 6.20. The van der Waals surface area contributed by atoms with E-state index in [0.717, 1.165) is 70.2 Å². The lowest BCUT2D eigenvalue weighted by atomic mass is 9.99. The van der Waals surface area contributed by atoms with Crippen molar-refractivity contribution < 1.29 is 4.74 Å². The van der Waals surface area contributed by atoms with Gasteiger partial charge in [0.1, 0.15) is 12.4 Å². The normalized spacial score (nSPS) is 25.5. The fraction of sp³-hybridized carbons (Fsp3) is 0.583. The summed E-state index contributed by atoms with van der Waals surface area (Å²) in [7, 11) is 2.18. The molecular weight excluding hydrogens is 560 g/mol. The Morgan fingerprint density at radius 2 is 1.82 bits per heavy atom. The molecule has 9 nitrogen and oxygen atoms in total. The smallest absolute Gasteiger partial charge is 0.318 e. The molecule has 1 aromatic heterocycles. The number of hydrogen-bond donors (Lipinski definition) is 0. The molecule has 238 valence electrons. The monoisotopic (exact) mass is 608 g/mol. The number of likely N-dealkylation sites (N-methyl/N-ethyl adjacent to an activating group) is 1. The number of rotatable bonds is 9. The standard InChI is InChI=1S/C36H48N8O/c1-25(2)44-22-30(44)21-41-18-19-43(20-28(41)13-15-37)35-31-14-17-42(33-12-6-10-27-9-5-8-26(3)34(27)33)23-32(31)38-36(39-35)45-24-29-11-7-16-40(29)4/h5-6,8-10,12,25,28-30H,7,11,13-14,16-24H2,1-4H3/t28?,29?,30?,44-/m1/s1. The number of piperazine rings is 1. The number of nitrogens with zero attached hydrogens (tertiary/aromatic N) is 8. The summed E-state index contributed by atoms with van der Waals surface area (Å²) >= 11 is 0. The van der Waals surface area contributed by atoms with Crippen LogP contribution in [-0.2, 0) is 13.0 Å². The minimum atomic E-state index is 0.194. The van der Waals surface area contributed by atoms with Crippen LogP contribution in [0, 0.1) is 18.3 Å². The highest BCUT2D eigenvalue weighted by molar-refractivity contribution is 5.97. The van der Waals surface area contributed by atoms with Crippen molar-refractivity contribution in [3.63, 3.8) is 0 Å². The molecule has 3 aromatic rings. The van der Waals surface area contributed by atoms with Crippen LogP contribution >= 0.6 is 0 Å². The molecule has 0 radical (unpaired) electrons. The number of likely N-dealkylation sites (tertiary alicyclic amines) is 1. The summed E-state index contributed by atoms with van der Waals surface area (Å²) in [6.07, 6.45) is 3.77. The van der Waals surface area contributed by atoms with Gasteiger partial charge in [-0.3, -0.25) is 9.80 Å². The number of ether oxygens (including phenoxy) is 1. The van der Waals surface area contributed by atoms with Crippen molar-refractivity contribution in [2.75, 3.05) is 69.3 Å². The Hall–Kier alpha value is -3.45. The van der Waals surface area contributed by atoms with Gasteiger partial charge in [0.25, 0.3) is 0 Å². The summed E-state index contributed by atoms with van der Waals surface area (Å²) in [5.74, 6) is 1.02. The van der Waals surface area contributed by atoms with Crippen molar-refractivity contribution in [2.24, 2.45) is 0 Å². The third-order valence-electron chi connectivity index (χ3n) is 10.6. The van der Waals surface area contributed by atoms with Crippen LogP contribution in [0.5, 0.6) is 6.01 Å². The second kappa shape index (κ2) is 12.7. The van der Waals surface area contributed by atoms with E-state index in [0.29, 0.717) is 37.2 Å². The number of aromatic nitrogens is 2. The minimum Gasteiger partial charge on any atom is -0.462 e. The van der Waals surface area contributed by atoms with Gasteiger partial charge in [0.2, 0.25) is 0 Å². The lowest BCUT2D eigenvalue weighted by Crippen LogP contribution is -2.55. The summed E-state index contributed by atoms with van der Waals surface area (Å²) in [4.78, 5) is 22.6. The van der Waals surface area contributed by atoms with Gasteiger partial charge in [-0.05, 0) is 70.6 Å². The van der Waals surface area contributed by atoms with E-state index in [2.05, 4.69) is 94.8 Å². The number of anilines is 2. The maximum absolute atomic E-state index is 9.79.